The molecule has 1 heterocycles. The van der Waals surface area contributed by atoms with Crippen molar-refractivity contribution in [1.82, 2.24) is 0 Å². The van der Waals surface area contributed by atoms with Gasteiger partial charge in [0.1, 0.15) is 0 Å². The summed E-state index contributed by atoms with van der Waals surface area (Å²) in [6.45, 7) is 4.20. The summed E-state index contributed by atoms with van der Waals surface area (Å²) in [5.41, 5.74) is 2.07. The van der Waals surface area contributed by atoms with Crippen molar-refractivity contribution < 1.29 is 14.3 Å². The van der Waals surface area contributed by atoms with Crippen LogP contribution in [0.1, 0.15) is 29.8 Å². The van der Waals surface area contributed by atoms with Gasteiger partial charge in [0.15, 0.2) is 6.10 Å². The molecular weight excluding hydrogens is 402 g/mol. The van der Waals surface area contributed by atoms with Gasteiger partial charge in [-0.25, -0.2) is 4.79 Å². The van der Waals surface area contributed by atoms with Crippen LogP contribution in [0.3, 0.4) is 0 Å². The summed E-state index contributed by atoms with van der Waals surface area (Å²) in [4.78, 5) is 25.8. The van der Waals surface area contributed by atoms with Gasteiger partial charge in [0.25, 0.3) is 5.91 Å². The number of cyclic esters (lactones) is 1. The van der Waals surface area contributed by atoms with E-state index in [0.29, 0.717) is 17.2 Å². The van der Waals surface area contributed by atoms with E-state index >= 15 is 0 Å². The minimum absolute atomic E-state index is 0.309. The minimum Gasteiger partial charge on any atom is -0.448 e. The lowest BCUT2D eigenvalue weighted by Gasteiger charge is -2.24. The Morgan fingerprint density at radius 1 is 1.28 bits per heavy atom. The minimum atomic E-state index is -0.827. The third-order valence-corrected chi connectivity index (χ3v) is 5.32. The number of hydrogen-bond donors (Lipinski definition) is 1. The molecule has 4 nitrogen and oxygen atoms in total. The number of benzene rings is 2. The maximum absolute atomic E-state index is 12.6. The Morgan fingerprint density at radius 3 is 2.80 bits per heavy atom. The molecule has 0 bridgehead atoms. The summed E-state index contributed by atoms with van der Waals surface area (Å²) in [7, 11) is 0. The fourth-order valence-corrected chi connectivity index (χ4v) is 3.97. The Kier molecular flexibility index (Phi) is 5.49. The highest BCUT2D eigenvalue weighted by Gasteiger charge is 2.31. The van der Waals surface area contributed by atoms with E-state index in [0.717, 1.165) is 20.6 Å². The highest BCUT2D eigenvalue weighted by Crippen LogP contribution is 2.31. The van der Waals surface area contributed by atoms with E-state index in [9.17, 15) is 9.59 Å². The lowest BCUT2D eigenvalue weighted by molar-refractivity contribution is -0.125. The zero-order chi connectivity index (χ0) is 18.0. The maximum Gasteiger partial charge on any atom is 0.339 e. The number of para-hydroxylation sites is 1. The van der Waals surface area contributed by atoms with Crippen molar-refractivity contribution in [2.24, 2.45) is 0 Å². The molecule has 6 heteroatoms. The number of rotatable bonds is 4. The number of carbonyl (C=O) groups is 2. The SMILES string of the molecule is CC(C)Sc1ccccc1NC(=O)C1Cc2cc(Br)ccc2C(=O)O1. The summed E-state index contributed by atoms with van der Waals surface area (Å²) < 4.78 is 6.21. The number of anilines is 1. The van der Waals surface area contributed by atoms with Crippen molar-refractivity contribution in [3.8, 4) is 0 Å². The molecule has 2 aromatic carbocycles. The van der Waals surface area contributed by atoms with Crippen LogP contribution in [0.2, 0.25) is 0 Å². The molecule has 1 unspecified atom stereocenters. The highest BCUT2D eigenvalue weighted by molar-refractivity contribution is 9.10. The first-order valence-electron chi connectivity index (χ1n) is 8.00. The number of ether oxygens (including phenoxy) is 1. The Hall–Kier alpha value is -1.79. The molecule has 0 saturated heterocycles. The molecule has 0 saturated carbocycles. The van der Waals surface area contributed by atoms with Crippen molar-refractivity contribution in [2.45, 2.75) is 36.5 Å². The summed E-state index contributed by atoms with van der Waals surface area (Å²) in [6.07, 6.45) is -0.460. The number of halogens is 1. The van der Waals surface area contributed by atoms with Gasteiger partial charge >= 0.3 is 5.97 Å². The predicted octanol–water partition coefficient (Wildman–Crippen LogP) is 4.67. The molecule has 0 radical (unpaired) electrons. The van der Waals surface area contributed by atoms with Gasteiger partial charge < -0.3 is 10.1 Å². The van der Waals surface area contributed by atoms with Crippen molar-refractivity contribution >= 4 is 45.3 Å². The van der Waals surface area contributed by atoms with E-state index in [1.165, 1.54) is 0 Å². The van der Waals surface area contributed by atoms with Gasteiger partial charge in [0.2, 0.25) is 0 Å². The fraction of sp³-hybridized carbons (Fsp3) is 0.263. The van der Waals surface area contributed by atoms with E-state index < -0.39 is 12.1 Å². The number of esters is 1. The third-order valence-electron chi connectivity index (χ3n) is 3.74. The molecule has 0 fully saturated rings. The number of hydrogen-bond acceptors (Lipinski definition) is 4. The van der Waals surface area contributed by atoms with Crippen LogP contribution in [0.4, 0.5) is 5.69 Å². The van der Waals surface area contributed by atoms with Gasteiger partial charge in [-0.2, -0.15) is 0 Å². The van der Waals surface area contributed by atoms with Gasteiger partial charge in [-0.3, -0.25) is 4.79 Å². The third kappa shape index (κ3) is 4.25. The molecule has 0 spiro atoms. The van der Waals surface area contributed by atoms with Crippen molar-refractivity contribution in [1.29, 1.82) is 0 Å². The zero-order valence-corrected chi connectivity index (χ0v) is 16.3. The molecule has 3 rings (SSSR count). The van der Waals surface area contributed by atoms with E-state index in [-0.39, 0.29) is 5.91 Å². The van der Waals surface area contributed by atoms with Gasteiger partial charge in [0, 0.05) is 21.0 Å². The first kappa shape index (κ1) is 18.0. The van der Waals surface area contributed by atoms with Crippen molar-refractivity contribution in [3.63, 3.8) is 0 Å². The lowest BCUT2D eigenvalue weighted by atomic mass is 9.98. The molecule has 130 valence electrons. The second kappa shape index (κ2) is 7.62. The molecule has 0 aromatic heterocycles. The van der Waals surface area contributed by atoms with Crippen LogP contribution < -0.4 is 5.32 Å². The molecule has 1 N–H and O–H groups in total. The second-order valence-corrected chi connectivity index (χ2v) is 8.59. The number of nitrogens with one attached hydrogen (secondary N) is 1. The molecule has 1 amide bonds. The smallest absolute Gasteiger partial charge is 0.339 e. The first-order chi connectivity index (χ1) is 11.9. The second-order valence-electron chi connectivity index (χ2n) is 6.05. The van der Waals surface area contributed by atoms with Crippen LogP contribution in [0.25, 0.3) is 0 Å². The Morgan fingerprint density at radius 2 is 2.04 bits per heavy atom. The number of thioether (sulfide) groups is 1. The van der Waals surface area contributed by atoms with Crippen LogP contribution in [-0.4, -0.2) is 23.2 Å². The quantitative estimate of drug-likeness (QED) is 0.577. The van der Waals surface area contributed by atoms with E-state index in [1.54, 1.807) is 23.9 Å². The average Bonchev–Trinajstić information content (AvgIpc) is 2.55. The van der Waals surface area contributed by atoms with Crippen LogP contribution in [0.5, 0.6) is 0 Å². The van der Waals surface area contributed by atoms with Crippen LogP contribution in [-0.2, 0) is 16.0 Å². The molecule has 1 aliphatic rings. The van der Waals surface area contributed by atoms with Gasteiger partial charge in [0.05, 0.1) is 11.3 Å². The Balaban J connectivity index is 1.78. The maximum atomic E-state index is 12.6. The predicted molar refractivity (Wildman–Crippen MR) is 103 cm³/mol. The number of amides is 1. The van der Waals surface area contributed by atoms with Crippen molar-refractivity contribution in [2.75, 3.05) is 5.32 Å². The monoisotopic (exact) mass is 419 g/mol. The summed E-state index contributed by atoms with van der Waals surface area (Å²) >= 11 is 5.07. The van der Waals surface area contributed by atoms with Crippen molar-refractivity contribution in [3.05, 3.63) is 58.1 Å². The van der Waals surface area contributed by atoms with Crippen LogP contribution in [0.15, 0.2) is 51.8 Å². The van der Waals surface area contributed by atoms with Gasteiger partial charge in [-0.05, 0) is 35.9 Å². The molecule has 2 aromatic rings. The van der Waals surface area contributed by atoms with E-state index in [2.05, 4.69) is 35.1 Å². The van der Waals surface area contributed by atoms with E-state index in [1.807, 2.05) is 30.3 Å². The average molecular weight is 420 g/mol. The largest absolute Gasteiger partial charge is 0.448 e. The summed E-state index contributed by atoms with van der Waals surface area (Å²) in [5, 5.41) is 3.30. The summed E-state index contributed by atoms with van der Waals surface area (Å²) in [6, 6.07) is 13.0. The van der Waals surface area contributed by atoms with Crippen LogP contribution >= 0.6 is 27.7 Å². The number of fused-ring (bicyclic) bond motifs is 1. The molecule has 25 heavy (non-hydrogen) atoms. The molecular formula is C19H18BrNO3S. The van der Waals surface area contributed by atoms with E-state index in [4.69, 9.17) is 4.74 Å². The molecule has 1 atom stereocenters. The Labute approximate surface area is 159 Å². The summed E-state index contributed by atoms with van der Waals surface area (Å²) in [5.74, 6) is -0.769. The zero-order valence-electron chi connectivity index (χ0n) is 13.9. The highest BCUT2D eigenvalue weighted by atomic mass is 79.9. The first-order valence-corrected chi connectivity index (χ1v) is 9.67. The van der Waals surface area contributed by atoms with Gasteiger partial charge in [-0.15, -0.1) is 11.8 Å². The topological polar surface area (TPSA) is 55.4 Å². The fourth-order valence-electron chi connectivity index (χ4n) is 2.65. The normalized spacial score (nSPS) is 16.3. The number of carbonyl (C=O) groups excluding carboxylic acids is 2. The Bertz CT molecular complexity index is 822. The molecule has 1 aliphatic heterocycles. The van der Waals surface area contributed by atoms with Crippen LogP contribution in [0, 0.1) is 0 Å². The van der Waals surface area contributed by atoms with Gasteiger partial charge in [-0.1, -0.05) is 41.9 Å². The lowest BCUT2D eigenvalue weighted by Crippen LogP contribution is -2.38. The molecule has 0 aliphatic carbocycles. The standard InChI is InChI=1S/C19H18BrNO3S/c1-11(2)25-17-6-4-3-5-15(17)21-18(22)16-10-12-9-13(20)7-8-14(12)19(23)24-16/h3-9,11,16H,10H2,1-2H3,(H,21,22).